The predicted molar refractivity (Wildman–Crippen MR) is 67.6 cm³/mol. The summed E-state index contributed by atoms with van der Waals surface area (Å²) >= 11 is 0. The molecule has 1 aromatic heterocycles. The van der Waals surface area contributed by atoms with E-state index in [1.807, 2.05) is 16.8 Å². The van der Waals surface area contributed by atoms with E-state index in [2.05, 4.69) is 10.3 Å². The van der Waals surface area contributed by atoms with Gasteiger partial charge in [0, 0.05) is 24.3 Å². The van der Waals surface area contributed by atoms with E-state index in [0.717, 1.165) is 12.2 Å². The lowest BCUT2D eigenvalue weighted by Gasteiger charge is -2.03. The number of benzene rings is 1. The fourth-order valence-corrected chi connectivity index (χ4v) is 1.94. The van der Waals surface area contributed by atoms with Gasteiger partial charge in [-0.05, 0) is 18.9 Å². The van der Waals surface area contributed by atoms with Gasteiger partial charge in [-0.15, -0.1) is 0 Å². The summed E-state index contributed by atoms with van der Waals surface area (Å²) in [6.07, 6.45) is 6.28. The Bertz CT molecular complexity index is 531. The number of nitrogens with zero attached hydrogens (tertiary/aromatic N) is 2. The predicted octanol–water partition coefficient (Wildman–Crippen LogP) is 2.32. The minimum absolute atomic E-state index is 0.163. The molecule has 1 N–H and O–H groups in total. The molecule has 0 aliphatic heterocycles. The van der Waals surface area contributed by atoms with Crippen molar-refractivity contribution in [3.05, 3.63) is 53.9 Å². The molecular formula is C14H16FN3. The van der Waals surface area contributed by atoms with Crippen LogP contribution < -0.4 is 5.32 Å². The van der Waals surface area contributed by atoms with Crippen LogP contribution in [0, 0.1) is 5.82 Å². The zero-order valence-corrected chi connectivity index (χ0v) is 10.1. The second-order valence-corrected chi connectivity index (χ2v) is 4.78. The van der Waals surface area contributed by atoms with Crippen molar-refractivity contribution in [2.24, 2.45) is 0 Å². The molecule has 1 saturated carbocycles. The van der Waals surface area contributed by atoms with Gasteiger partial charge < -0.3 is 9.88 Å². The molecule has 1 aliphatic carbocycles. The summed E-state index contributed by atoms with van der Waals surface area (Å²) in [6, 6.07) is 7.53. The van der Waals surface area contributed by atoms with Crippen LogP contribution in [-0.4, -0.2) is 15.6 Å². The standard InChI is InChI=1S/C14H16FN3/c15-14-4-2-1-3-11(14)8-18-9-13(17-10-18)7-16-12-5-6-12/h1-4,9-10,12,16H,5-8H2. The monoisotopic (exact) mass is 245 g/mol. The van der Waals surface area contributed by atoms with Crippen molar-refractivity contribution < 1.29 is 4.39 Å². The highest BCUT2D eigenvalue weighted by Crippen LogP contribution is 2.19. The highest BCUT2D eigenvalue weighted by atomic mass is 19.1. The Hall–Kier alpha value is -1.68. The van der Waals surface area contributed by atoms with E-state index < -0.39 is 0 Å². The smallest absolute Gasteiger partial charge is 0.128 e. The number of imidazole rings is 1. The maximum Gasteiger partial charge on any atom is 0.128 e. The van der Waals surface area contributed by atoms with Crippen LogP contribution in [0.5, 0.6) is 0 Å². The van der Waals surface area contributed by atoms with Gasteiger partial charge in [0.05, 0.1) is 18.6 Å². The van der Waals surface area contributed by atoms with Crippen LogP contribution in [0.25, 0.3) is 0 Å². The lowest BCUT2D eigenvalue weighted by Crippen LogP contribution is -2.15. The Kier molecular flexibility index (Phi) is 3.11. The molecule has 0 atom stereocenters. The van der Waals surface area contributed by atoms with Gasteiger partial charge >= 0.3 is 0 Å². The summed E-state index contributed by atoms with van der Waals surface area (Å²) in [7, 11) is 0. The minimum Gasteiger partial charge on any atom is -0.333 e. The molecule has 1 aliphatic rings. The summed E-state index contributed by atoms with van der Waals surface area (Å²) in [5, 5.41) is 3.41. The summed E-state index contributed by atoms with van der Waals surface area (Å²) < 4.78 is 15.4. The first-order valence-electron chi connectivity index (χ1n) is 6.29. The van der Waals surface area contributed by atoms with Crippen LogP contribution >= 0.6 is 0 Å². The zero-order valence-electron chi connectivity index (χ0n) is 10.1. The third-order valence-electron chi connectivity index (χ3n) is 3.15. The van der Waals surface area contributed by atoms with E-state index in [0.29, 0.717) is 18.2 Å². The van der Waals surface area contributed by atoms with Crippen LogP contribution in [0.1, 0.15) is 24.1 Å². The first kappa shape index (κ1) is 11.4. The van der Waals surface area contributed by atoms with Gasteiger partial charge in [-0.2, -0.15) is 0 Å². The quantitative estimate of drug-likeness (QED) is 0.876. The Morgan fingerprint density at radius 2 is 2.17 bits per heavy atom. The molecule has 0 saturated heterocycles. The molecule has 3 nitrogen and oxygen atoms in total. The molecule has 1 aromatic carbocycles. The topological polar surface area (TPSA) is 29.9 Å². The van der Waals surface area contributed by atoms with Gasteiger partial charge in [0.15, 0.2) is 0 Å². The highest BCUT2D eigenvalue weighted by Gasteiger charge is 2.20. The molecule has 0 spiro atoms. The molecule has 0 unspecified atom stereocenters. The third kappa shape index (κ3) is 2.76. The Labute approximate surface area is 106 Å². The van der Waals surface area contributed by atoms with Gasteiger partial charge in [0.2, 0.25) is 0 Å². The number of halogens is 1. The maximum absolute atomic E-state index is 13.5. The molecular weight excluding hydrogens is 229 g/mol. The first-order chi connectivity index (χ1) is 8.81. The SMILES string of the molecule is Fc1ccccc1Cn1cnc(CNC2CC2)c1. The average Bonchev–Trinajstić information content (AvgIpc) is 3.10. The Morgan fingerprint density at radius 1 is 1.33 bits per heavy atom. The van der Waals surface area contributed by atoms with Gasteiger partial charge in [-0.1, -0.05) is 18.2 Å². The van der Waals surface area contributed by atoms with E-state index in [-0.39, 0.29) is 5.82 Å². The fraction of sp³-hybridized carbons (Fsp3) is 0.357. The van der Waals surface area contributed by atoms with Crippen molar-refractivity contribution >= 4 is 0 Å². The molecule has 2 aromatic rings. The van der Waals surface area contributed by atoms with E-state index in [9.17, 15) is 4.39 Å². The van der Waals surface area contributed by atoms with Crippen LogP contribution in [0.2, 0.25) is 0 Å². The number of hydrogen-bond acceptors (Lipinski definition) is 2. The summed E-state index contributed by atoms with van der Waals surface area (Å²) in [5.41, 5.74) is 1.70. The lowest BCUT2D eigenvalue weighted by atomic mass is 10.2. The van der Waals surface area contributed by atoms with Gasteiger partial charge in [-0.3, -0.25) is 0 Å². The lowest BCUT2D eigenvalue weighted by molar-refractivity contribution is 0.599. The summed E-state index contributed by atoms with van der Waals surface area (Å²) in [6.45, 7) is 1.33. The van der Waals surface area contributed by atoms with Crippen LogP contribution in [-0.2, 0) is 13.1 Å². The van der Waals surface area contributed by atoms with Crippen molar-refractivity contribution in [1.29, 1.82) is 0 Å². The fourth-order valence-electron chi connectivity index (χ4n) is 1.94. The average molecular weight is 245 g/mol. The largest absolute Gasteiger partial charge is 0.333 e. The summed E-state index contributed by atoms with van der Waals surface area (Å²) in [5.74, 6) is -0.163. The zero-order chi connectivity index (χ0) is 12.4. The Balaban J connectivity index is 1.63. The molecule has 94 valence electrons. The van der Waals surface area contributed by atoms with Crippen LogP contribution in [0.4, 0.5) is 4.39 Å². The number of hydrogen-bond donors (Lipinski definition) is 1. The van der Waals surface area contributed by atoms with E-state index in [1.165, 1.54) is 18.9 Å². The highest BCUT2D eigenvalue weighted by molar-refractivity contribution is 5.18. The maximum atomic E-state index is 13.5. The van der Waals surface area contributed by atoms with Crippen molar-refractivity contribution in [3.63, 3.8) is 0 Å². The number of rotatable bonds is 5. The number of aromatic nitrogens is 2. The molecule has 4 heteroatoms. The molecule has 1 heterocycles. The van der Waals surface area contributed by atoms with Crippen LogP contribution in [0.15, 0.2) is 36.8 Å². The molecule has 1 fully saturated rings. The van der Waals surface area contributed by atoms with E-state index in [1.54, 1.807) is 18.5 Å². The minimum atomic E-state index is -0.163. The second-order valence-electron chi connectivity index (χ2n) is 4.78. The first-order valence-corrected chi connectivity index (χ1v) is 6.29. The van der Waals surface area contributed by atoms with Crippen LogP contribution in [0.3, 0.4) is 0 Å². The van der Waals surface area contributed by atoms with Gasteiger partial charge in [0.1, 0.15) is 5.82 Å². The van der Waals surface area contributed by atoms with Crippen molar-refractivity contribution in [2.45, 2.75) is 32.0 Å². The normalized spacial score (nSPS) is 14.9. The molecule has 3 rings (SSSR count). The molecule has 0 radical (unpaired) electrons. The Morgan fingerprint density at radius 3 is 2.94 bits per heavy atom. The molecule has 18 heavy (non-hydrogen) atoms. The third-order valence-corrected chi connectivity index (χ3v) is 3.15. The van der Waals surface area contributed by atoms with Gasteiger partial charge in [-0.25, -0.2) is 9.37 Å². The summed E-state index contributed by atoms with van der Waals surface area (Å²) in [4.78, 5) is 4.32. The number of nitrogens with one attached hydrogen (secondary N) is 1. The molecule has 0 bridgehead atoms. The van der Waals surface area contributed by atoms with Crippen molar-refractivity contribution in [1.82, 2.24) is 14.9 Å². The van der Waals surface area contributed by atoms with E-state index in [4.69, 9.17) is 0 Å². The molecule has 0 amide bonds. The van der Waals surface area contributed by atoms with Crippen molar-refractivity contribution in [2.75, 3.05) is 0 Å². The van der Waals surface area contributed by atoms with E-state index >= 15 is 0 Å². The second kappa shape index (κ2) is 4.90. The van der Waals surface area contributed by atoms with Gasteiger partial charge in [0.25, 0.3) is 0 Å². The van der Waals surface area contributed by atoms with Crippen molar-refractivity contribution in [3.8, 4) is 0 Å².